The summed E-state index contributed by atoms with van der Waals surface area (Å²) in [6.07, 6.45) is 5.24. The van der Waals surface area contributed by atoms with Gasteiger partial charge in [0.2, 0.25) is 0 Å². The molecule has 0 radical (unpaired) electrons. The molecular weight excluding hydrogens is 160 g/mol. The Hall–Kier alpha value is -1.23. The molecule has 0 aliphatic rings. The van der Waals surface area contributed by atoms with Crippen LogP contribution in [0, 0.1) is 19.3 Å². The summed E-state index contributed by atoms with van der Waals surface area (Å²) in [5.74, 6) is 2.59. The van der Waals surface area contributed by atoms with Crippen molar-refractivity contribution in [3.63, 3.8) is 0 Å². The van der Waals surface area contributed by atoms with Crippen LogP contribution < -0.4 is 0 Å². The minimum atomic E-state index is 0.102. The smallest absolute Gasteiger partial charge is 0.102 e. The van der Waals surface area contributed by atoms with Crippen LogP contribution in [0.3, 0.4) is 0 Å². The monoisotopic (exact) mass is 176 g/mol. The maximum Gasteiger partial charge on any atom is 0.102 e. The van der Waals surface area contributed by atoms with Crippen LogP contribution in [0.15, 0.2) is 6.07 Å². The van der Waals surface area contributed by atoms with Gasteiger partial charge in [-0.25, -0.2) is 0 Å². The van der Waals surface area contributed by atoms with E-state index in [-0.39, 0.29) is 5.41 Å². The van der Waals surface area contributed by atoms with Crippen molar-refractivity contribution >= 4 is 0 Å². The standard InChI is InChI=1S/C11H16N2/c1-6-7-13-9(2)8-10(12-13)11(3,4)5/h1,8H,7H2,2-5H3. The molecule has 70 valence electrons. The topological polar surface area (TPSA) is 17.8 Å². The van der Waals surface area contributed by atoms with Crippen molar-refractivity contribution in [1.82, 2.24) is 9.78 Å². The molecular formula is C11H16N2. The summed E-state index contributed by atoms with van der Waals surface area (Å²) in [5.41, 5.74) is 2.33. The van der Waals surface area contributed by atoms with E-state index in [4.69, 9.17) is 6.42 Å². The molecule has 2 heteroatoms. The van der Waals surface area contributed by atoms with Crippen molar-refractivity contribution < 1.29 is 0 Å². The van der Waals surface area contributed by atoms with Gasteiger partial charge in [0.15, 0.2) is 0 Å². The largest absolute Gasteiger partial charge is 0.258 e. The van der Waals surface area contributed by atoms with E-state index in [1.165, 1.54) is 0 Å². The van der Waals surface area contributed by atoms with Crippen LogP contribution >= 0.6 is 0 Å². The van der Waals surface area contributed by atoms with Crippen LogP contribution in [0.25, 0.3) is 0 Å². The lowest BCUT2D eigenvalue weighted by Gasteiger charge is -2.13. The van der Waals surface area contributed by atoms with Gasteiger partial charge in [0, 0.05) is 11.1 Å². The van der Waals surface area contributed by atoms with Crippen molar-refractivity contribution in [2.24, 2.45) is 0 Å². The number of aryl methyl sites for hydroxylation is 1. The van der Waals surface area contributed by atoms with Crippen molar-refractivity contribution in [2.75, 3.05) is 0 Å². The number of rotatable bonds is 1. The van der Waals surface area contributed by atoms with Gasteiger partial charge in [-0.3, -0.25) is 4.68 Å². The fourth-order valence-electron chi connectivity index (χ4n) is 1.12. The number of hydrogen-bond acceptors (Lipinski definition) is 1. The van der Waals surface area contributed by atoms with Gasteiger partial charge in [0.1, 0.15) is 6.54 Å². The molecule has 1 rings (SSSR count). The van der Waals surface area contributed by atoms with Gasteiger partial charge in [-0.15, -0.1) is 6.42 Å². The molecule has 0 aliphatic carbocycles. The van der Waals surface area contributed by atoms with E-state index in [0.717, 1.165) is 11.4 Å². The Labute approximate surface area is 80.0 Å². The summed E-state index contributed by atoms with van der Waals surface area (Å²) in [6.45, 7) is 9.03. The summed E-state index contributed by atoms with van der Waals surface area (Å²) in [4.78, 5) is 0. The minimum Gasteiger partial charge on any atom is -0.258 e. The second-order valence-corrected chi connectivity index (χ2v) is 4.28. The molecule has 0 saturated heterocycles. The quantitative estimate of drug-likeness (QED) is 0.599. The van der Waals surface area contributed by atoms with Crippen LogP contribution in [0.1, 0.15) is 32.2 Å². The highest BCUT2D eigenvalue weighted by molar-refractivity contribution is 5.17. The first-order valence-corrected chi connectivity index (χ1v) is 4.43. The van der Waals surface area contributed by atoms with Crippen LogP contribution in [-0.4, -0.2) is 9.78 Å². The first kappa shape index (κ1) is 9.85. The van der Waals surface area contributed by atoms with Gasteiger partial charge in [0.25, 0.3) is 0 Å². The van der Waals surface area contributed by atoms with Crippen molar-refractivity contribution in [1.29, 1.82) is 0 Å². The molecule has 0 bridgehead atoms. The molecule has 0 saturated carbocycles. The maximum atomic E-state index is 5.24. The molecule has 0 unspecified atom stereocenters. The molecule has 1 aromatic heterocycles. The van der Waals surface area contributed by atoms with Gasteiger partial charge < -0.3 is 0 Å². The van der Waals surface area contributed by atoms with Gasteiger partial charge >= 0.3 is 0 Å². The fraction of sp³-hybridized carbons (Fsp3) is 0.545. The SMILES string of the molecule is C#CCn1nc(C(C)(C)C)cc1C. The third-order valence-corrected chi connectivity index (χ3v) is 1.99. The first-order valence-electron chi connectivity index (χ1n) is 4.43. The third-order valence-electron chi connectivity index (χ3n) is 1.99. The number of nitrogens with zero attached hydrogens (tertiary/aromatic N) is 2. The summed E-state index contributed by atoms with van der Waals surface area (Å²) >= 11 is 0. The van der Waals surface area contributed by atoms with Crippen LogP contribution in [0.4, 0.5) is 0 Å². The summed E-state index contributed by atoms with van der Waals surface area (Å²) < 4.78 is 1.86. The van der Waals surface area contributed by atoms with Crippen molar-refractivity contribution in [3.8, 4) is 12.3 Å². The lowest BCUT2D eigenvalue weighted by molar-refractivity contribution is 0.547. The Morgan fingerprint density at radius 3 is 2.54 bits per heavy atom. The van der Waals surface area contributed by atoms with Gasteiger partial charge in [-0.1, -0.05) is 26.7 Å². The molecule has 0 N–H and O–H groups in total. The second kappa shape index (κ2) is 3.26. The van der Waals surface area contributed by atoms with E-state index < -0.39 is 0 Å². The van der Waals surface area contributed by atoms with E-state index in [2.05, 4.69) is 37.9 Å². The summed E-state index contributed by atoms with van der Waals surface area (Å²) in [5, 5.41) is 4.44. The zero-order valence-electron chi connectivity index (χ0n) is 8.76. The Kier molecular flexibility index (Phi) is 2.47. The van der Waals surface area contributed by atoms with Gasteiger partial charge in [-0.05, 0) is 13.0 Å². The Balaban J connectivity index is 3.04. The Morgan fingerprint density at radius 2 is 2.15 bits per heavy atom. The second-order valence-electron chi connectivity index (χ2n) is 4.28. The zero-order valence-corrected chi connectivity index (χ0v) is 8.76. The highest BCUT2D eigenvalue weighted by atomic mass is 15.3. The predicted octanol–water partition coefficient (Wildman–Crippen LogP) is 2.12. The molecule has 1 aromatic rings. The molecule has 2 nitrogen and oxygen atoms in total. The minimum absolute atomic E-state index is 0.102. The zero-order chi connectivity index (χ0) is 10.1. The highest BCUT2D eigenvalue weighted by Gasteiger charge is 2.17. The average Bonchev–Trinajstić information content (AvgIpc) is 2.32. The van der Waals surface area contributed by atoms with Crippen molar-refractivity contribution in [2.45, 2.75) is 39.7 Å². The molecule has 0 aromatic carbocycles. The molecule has 0 fully saturated rings. The van der Waals surface area contributed by atoms with E-state index in [9.17, 15) is 0 Å². The third kappa shape index (κ3) is 2.12. The van der Waals surface area contributed by atoms with E-state index >= 15 is 0 Å². The fourth-order valence-corrected chi connectivity index (χ4v) is 1.12. The highest BCUT2D eigenvalue weighted by Crippen LogP contribution is 2.21. The molecule has 13 heavy (non-hydrogen) atoms. The lowest BCUT2D eigenvalue weighted by Crippen LogP contribution is -2.12. The molecule has 0 spiro atoms. The van der Waals surface area contributed by atoms with Gasteiger partial charge in [0.05, 0.1) is 5.69 Å². The summed E-state index contributed by atoms with van der Waals surface area (Å²) in [7, 11) is 0. The normalized spacial score (nSPS) is 11.3. The molecule has 0 atom stereocenters. The number of hydrogen-bond donors (Lipinski definition) is 0. The molecule has 0 aliphatic heterocycles. The molecule has 0 amide bonds. The van der Waals surface area contributed by atoms with Gasteiger partial charge in [-0.2, -0.15) is 5.10 Å². The summed E-state index contributed by atoms with van der Waals surface area (Å²) in [6, 6.07) is 2.09. The molecule has 1 heterocycles. The van der Waals surface area contributed by atoms with Crippen LogP contribution in [-0.2, 0) is 12.0 Å². The lowest BCUT2D eigenvalue weighted by atomic mass is 9.92. The van der Waals surface area contributed by atoms with Crippen LogP contribution in [0.5, 0.6) is 0 Å². The van der Waals surface area contributed by atoms with Crippen molar-refractivity contribution in [3.05, 3.63) is 17.5 Å². The number of aromatic nitrogens is 2. The maximum absolute atomic E-state index is 5.24. The Bertz CT molecular complexity index is 334. The first-order chi connectivity index (χ1) is 5.95. The van der Waals surface area contributed by atoms with Crippen LogP contribution in [0.2, 0.25) is 0 Å². The predicted molar refractivity (Wildman–Crippen MR) is 54.5 cm³/mol. The Morgan fingerprint density at radius 1 is 1.54 bits per heavy atom. The van der Waals surface area contributed by atoms with E-state index in [1.54, 1.807) is 0 Å². The van der Waals surface area contributed by atoms with E-state index in [1.807, 2.05) is 11.6 Å². The average molecular weight is 176 g/mol. The van der Waals surface area contributed by atoms with E-state index in [0.29, 0.717) is 6.54 Å². The number of terminal acetylenes is 1.